The molecule has 1 unspecified atom stereocenters. The summed E-state index contributed by atoms with van der Waals surface area (Å²) in [5.74, 6) is 4.33. The van der Waals surface area contributed by atoms with E-state index in [0.29, 0.717) is 17.7 Å². The molecule has 112 valence electrons. The van der Waals surface area contributed by atoms with Crippen LogP contribution in [0.15, 0.2) is 18.3 Å². The number of hydrazine groups is 1. The molecule has 0 aliphatic carbocycles. The Morgan fingerprint density at radius 1 is 1.48 bits per heavy atom. The average Bonchev–Trinajstić information content (AvgIpc) is 2.75. The van der Waals surface area contributed by atoms with Crippen LogP contribution < -0.4 is 16.6 Å². The molecule has 0 saturated carbocycles. The molecule has 0 bridgehead atoms. The van der Waals surface area contributed by atoms with Crippen LogP contribution in [0, 0.1) is 0 Å². The van der Waals surface area contributed by atoms with Crippen LogP contribution in [-0.4, -0.2) is 33.8 Å². The summed E-state index contributed by atoms with van der Waals surface area (Å²) in [5, 5.41) is 2.64. The lowest BCUT2D eigenvalue weighted by atomic mass is 10.1. The number of carbonyl (C=O) groups excluding carboxylic acids is 3. The van der Waals surface area contributed by atoms with Crippen molar-refractivity contribution in [3.05, 3.63) is 29.6 Å². The molecule has 2 heterocycles. The highest BCUT2D eigenvalue weighted by atomic mass is 16.2. The quantitative estimate of drug-likeness (QED) is 0.303. The van der Waals surface area contributed by atoms with E-state index in [1.165, 1.54) is 12.3 Å². The summed E-state index contributed by atoms with van der Waals surface area (Å²) in [7, 11) is 0. The minimum absolute atomic E-state index is 0.0788. The maximum Gasteiger partial charge on any atom is 0.325 e. The number of amides is 4. The van der Waals surface area contributed by atoms with E-state index in [-0.39, 0.29) is 12.5 Å². The van der Waals surface area contributed by atoms with E-state index in [1.807, 2.05) is 12.3 Å². The summed E-state index contributed by atoms with van der Waals surface area (Å²) in [6.07, 6.45) is 2.77. The second kappa shape index (κ2) is 6.31. The van der Waals surface area contributed by atoms with Crippen molar-refractivity contribution in [3.8, 4) is 0 Å². The first-order valence-corrected chi connectivity index (χ1v) is 6.64. The van der Waals surface area contributed by atoms with E-state index in [9.17, 15) is 14.4 Å². The maximum absolute atomic E-state index is 12.1. The third-order valence-electron chi connectivity index (χ3n) is 3.22. The van der Waals surface area contributed by atoms with Crippen LogP contribution in [0.2, 0.25) is 0 Å². The highest BCUT2D eigenvalue weighted by Crippen LogP contribution is 2.14. The van der Waals surface area contributed by atoms with Gasteiger partial charge in [-0.05, 0) is 18.6 Å². The third-order valence-corrected chi connectivity index (χ3v) is 3.22. The Morgan fingerprint density at radius 2 is 2.24 bits per heavy atom. The standard InChI is InChI=1S/C13H17N5O3/c1-2-3-10-12(20)18(13(21)16-10)7-9-5-4-8(6-15-9)11(19)17-14/h4-6,10H,2-3,7,14H2,1H3,(H,16,21)(H,17,19). The number of pyridine rings is 1. The van der Waals surface area contributed by atoms with E-state index < -0.39 is 18.0 Å². The summed E-state index contributed by atoms with van der Waals surface area (Å²) < 4.78 is 0. The third kappa shape index (κ3) is 3.16. The molecule has 1 aromatic rings. The number of nitrogens with two attached hydrogens (primary N) is 1. The lowest BCUT2D eigenvalue weighted by Crippen LogP contribution is -2.32. The highest BCUT2D eigenvalue weighted by Gasteiger charge is 2.37. The lowest BCUT2D eigenvalue weighted by Gasteiger charge is -2.12. The Bertz CT molecular complexity index is 557. The zero-order valence-electron chi connectivity index (χ0n) is 11.6. The molecule has 2 rings (SSSR count). The minimum Gasteiger partial charge on any atom is -0.326 e. The molecular weight excluding hydrogens is 274 g/mol. The number of carbonyl (C=O) groups is 3. The van der Waals surface area contributed by atoms with Gasteiger partial charge >= 0.3 is 6.03 Å². The summed E-state index contributed by atoms with van der Waals surface area (Å²) in [5.41, 5.74) is 2.83. The van der Waals surface area contributed by atoms with Crippen molar-refractivity contribution in [2.24, 2.45) is 5.84 Å². The van der Waals surface area contributed by atoms with Gasteiger partial charge in [0.1, 0.15) is 6.04 Å². The van der Waals surface area contributed by atoms with Crippen molar-refractivity contribution in [2.45, 2.75) is 32.4 Å². The van der Waals surface area contributed by atoms with Crippen LogP contribution in [0.3, 0.4) is 0 Å². The number of aromatic nitrogens is 1. The largest absolute Gasteiger partial charge is 0.326 e. The normalized spacial score (nSPS) is 17.8. The van der Waals surface area contributed by atoms with Gasteiger partial charge in [-0.1, -0.05) is 13.3 Å². The van der Waals surface area contributed by atoms with Crippen molar-refractivity contribution >= 4 is 17.8 Å². The van der Waals surface area contributed by atoms with Gasteiger partial charge in [0.05, 0.1) is 17.8 Å². The fourth-order valence-electron chi connectivity index (χ4n) is 2.11. The Kier molecular flexibility index (Phi) is 4.49. The van der Waals surface area contributed by atoms with Crippen molar-refractivity contribution in [2.75, 3.05) is 0 Å². The van der Waals surface area contributed by atoms with E-state index in [0.717, 1.165) is 11.3 Å². The smallest absolute Gasteiger partial charge is 0.325 e. The monoisotopic (exact) mass is 291 g/mol. The Hall–Kier alpha value is -2.48. The highest BCUT2D eigenvalue weighted by molar-refractivity contribution is 6.04. The summed E-state index contributed by atoms with van der Waals surface area (Å²) >= 11 is 0. The molecule has 0 spiro atoms. The van der Waals surface area contributed by atoms with Crippen molar-refractivity contribution < 1.29 is 14.4 Å². The summed E-state index contributed by atoms with van der Waals surface area (Å²) in [6.45, 7) is 2.03. The Balaban J connectivity index is 2.06. The van der Waals surface area contributed by atoms with Crippen LogP contribution >= 0.6 is 0 Å². The molecular formula is C13H17N5O3. The van der Waals surface area contributed by atoms with Gasteiger partial charge in [-0.25, -0.2) is 10.6 Å². The molecule has 1 aliphatic rings. The maximum atomic E-state index is 12.1. The predicted octanol–water partition coefficient (Wildman–Crippen LogP) is -0.0944. The molecule has 21 heavy (non-hydrogen) atoms. The van der Waals surface area contributed by atoms with E-state index >= 15 is 0 Å². The van der Waals surface area contributed by atoms with Crippen molar-refractivity contribution in [3.63, 3.8) is 0 Å². The van der Waals surface area contributed by atoms with E-state index in [1.54, 1.807) is 6.07 Å². The number of imide groups is 1. The fourth-order valence-corrected chi connectivity index (χ4v) is 2.11. The van der Waals surface area contributed by atoms with Gasteiger partial charge in [0.15, 0.2) is 0 Å². The topological polar surface area (TPSA) is 117 Å². The molecule has 1 fully saturated rings. The predicted molar refractivity (Wildman–Crippen MR) is 73.7 cm³/mol. The van der Waals surface area contributed by atoms with Crippen LogP contribution in [-0.2, 0) is 11.3 Å². The summed E-state index contributed by atoms with van der Waals surface area (Å²) in [6, 6.07) is 2.25. The van der Waals surface area contributed by atoms with Gasteiger partial charge in [-0.3, -0.25) is 24.9 Å². The molecule has 8 nitrogen and oxygen atoms in total. The molecule has 4 N–H and O–H groups in total. The molecule has 4 amide bonds. The number of rotatable bonds is 5. The molecule has 1 saturated heterocycles. The molecule has 8 heteroatoms. The lowest BCUT2D eigenvalue weighted by molar-refractivity contribution is -0.128. The van der Waals surface area contributed by atoms with Crippen LogP contribution in [0.4, 0.5) is 4.79 Å². The second-order valence-electron chi connectivity index (χ2n) is 4.73. The first kappa shape index (κ1) is 14.9. The molecule has 0 radical (unpaired) electrons. The fraction of sp³-hybridized carbons (Fsp3) is 0.385. The molecule has 0 aromatic carbocycles. The van der Waals surface area contributed by atoms with Gasteiger partial charge < -0.3 is 5.32 Å². The van der Waals surface area contributed by atoms with Gasteiger partial charge in [-0.2, -0.15) is 0 Å². The Labute approximate surface area is 121 Å². The Morgan fingerprint density at radius 3 is 2.81 bits per heavy atom. The number of hydrogen-bond donors (Lipinski definition) is 3. The number of urea groups is 1. The van der Waals surface area contributed by atoms with E-state index in [2.05, 4.69) is 10.3 Å². The van der Waals surface area contributed by atoms with Gasteiger partial charge in [0, 0.05) is 6.20 Å². The molecule has 1 aromatic heterocycles. The van der Waals surface area contributed by atoms with Gasteiger partial charge in [0.2, 0.25) is 0 Å². The summed E-state index contributed by atoms with van der Waals surface area (Å²) in [4.78, 5) is 40.3. The van der Waals surface area contributed by atoms with E-state index in [4.69, 9.17) is 5.84 Å². The van der Waals surface area contributed by atoms with Crippen molar-refractivity contribution in [1.29, 1.82) is 0 Å². The van der Waals surface area contributed by atoms with Crippen LogP contribution in [0.5, 0.6) is 0 Å². The van der Waals surface area contributed by atoms with Gasteiger partial charge in [0.25, 0.3) is 11.8 Å². The first-order valence-electron chi connectivity index (χ1n) is 6.64. The number of nitrogens with zero attached hydrogens (tertiary/aromatic N) is 2. The minimum atomic E-state index is -0.454. The zero-order valence-corrected chi connectivity index (χ0v) is 11.6. The second-order valence-corrected chi connectivity index (χ2v) is 4.73. The zero-order chi connectivity index (χ0) is 15.4. The van der Waals surface area contributed by atoms with Crippen molar-refractivity contribution in [1.82, 2.24) is 20.6 Å². The average molecular weight is 291 g/mol. The van der Waals surface area contributed by atoms with Gasteiger partial charge in [-0.15, -0.1) is 0 Å². The first-order chi connectivity index (χ1) is 10.1. The number of nitrogen functional groups attached to an aromatic ring is 1. The SMILES string of the molecule is CCCC1NC(=O)N(Cc2ccc(C(=O)NN)cn2)C1=O. The number of nitrogens with one attached hydrogen (secondary N) is 2. The van der Waals surface area contributed by atoms with Crippen LogP contribution in [0.25, 0.3) is 0 Å². The molecule has 1 aliphatic heterocycles. The number of hydrogen-bond acceptors (Lipinski definition) is 5. The van der Waals surface area contributed by atoms with Crippen LogP contribution in [0.1, 0.15) is 35.8 Å². The molecule has 1 atom stereocenters.